The first-order valence-corrected chi connectivity index (χ1v) is 8.68. The highest BCUT2D eigenvalue weighted by Gasteiger charge is 2.52. The van der Waals surface area contributed by atoms with Gasteiger partial charge in [-0.15, -0.1) is 0 Å². The molecule has 2 saturated heterocycles. The van der Waals surface area contributed by atoms with E-state index in [0.29, 0.717) is 31.8 Å². The molecule has 2 aliphatic heterocycles. The van der Waals surface area contributed by atoms with Crippen molar-refractivity contribution < 1.29 is 14.4 Å². The second-order valence-electron chi connectivity index (χ2n) is 7.01. The lowest BCUT2D eigenvalue weighted by Gasteiger charge is -2.32. The predicted octanol–water partition coefficient (Wildman–Crippen LogP) is 0.438. The SMILES string of the molecule is NCC1CCCN(C(=O)CCN2C(=O)NC3(CCCC3)C2=O)C1. The third kappa shape index (κ3) is 3.06. The largest absolute Gasteiger partial charge is 0.342 e. The molecule has 4 amide bonds. The molecule has 1 saturated carbocycles. The molecule has 7 nitrogen and oxygen atoms in total. The van der Waals surface area contributed by atoms with E-state index in [1.54, 1.807) is 0 Å². The van der Waals surface area contributed by atoms with Crippen LogP contribution in [0, 0.1) is 5.92 Å². The summed E-state index contributed by atoms with van der Waals surface area (Å²) in [4.78, 5) is 40.0. The Hall–Kier alpha value is -1.63. The third-order valence-electron chi connectivity index (χ3n) is 5.46. The number of amides is 4. The van der Waals surface area contributed by atoms with E-state index in [4.69, 9.17) is 5.73 Å². The number of hydrogen-bond donors (Lipinski definition) is 2. The van der Waals surface area contributed by atoms with Crippen molar-refractivity contribution in [3.8, 4) is 0 Å². The lowest BCUT2D eigenvalue weighted by molar-refractivity contribution is -0.134. The van der Waals surface area contributed by atoms with Gasteiger partial charge in [0.25, 0.3) is 5.91 Å². The monoisotopic (exact) mass is 322 g/mol. The Balaban J connectivity index is 1.54. The number of likely N-dealkylation sites (tertiary alicyclic amines) is 1. The quantitative estimate of drug-likeness (QED) is 0.734. The van der Waals surface area contributed by atoms with E-state index >= 15 is 0 Å². The first kappa shape index (κ1) is 16.2. The molecule has 1 aliphatic carbocycles. The Morgan fingerprint density at radius 3 is 2.70 bits per heavy atom. The Bertz CT molecular complexity index is 502. The highest BCUT2D eigenvalue weighted by molar-refractivity contribution is 6.07. The summed E-state index contributed by atoms with van der Waals surface area (Å²) in [5, 5.41) is 2.84. The molecule has 1 atom stereocenters. The maximum absolute atomic E-state index is 12.5. The van der Waals surface area contributed by atoms with Gasteiger partial charge < -0.3 is 16.0 Å². The summed E-state index contributed by atoms with van der Waals surface area (Å²) < 4.78 is 0. The van der Waals surface area contributed by atoms with Crippen molar-refractivity contribution in [2.24, 2.45) is 11.7 Å². The molecule has 1 unspecified atom stereocenters. The van der Waals surface area contributed by atoms with E-state index in [9.17, 15) is 14.4 Å². The van der Waals surface area contributed by atoms with Gasteiger partial charge in [-0.3, -0.25) is 14.5 Å². The highest BCUT2D eigenvalue weighted by Crippen LogP contribution is 2.35. The first-order valence-electron chi connectivity index (χ1n) is 8.68. The van der Waals surface area contributed by atoms with Gasteiger partial charge in [-0.05, 0) is 38.1 Å². The van der Waals surface area contributed by atoms with Crippen molar-refractivity contribution in [2.75, 3.05) is 26.2 Å². The molecule has 0 aromatic heterocycles. The van der Waals surface area contributed by atoms with Gasteiger partial charge in [-0.1, -0.05) is 12.8 Å². The lowest BCUT2D eigenvalue weighted by Crippen LogP contribution is -2.45. The van der Waals surface area contributed by atoms with Crippen LogP contribution < -0.4 is 11.1 Å². The minimum Gasteiger partial charge on any atom is -0.342 e. The number of nitrogens with two attached hydrogens (primary N) is 1. The molecule has 0 radical (unpaired) electrons. The molecule has 1 spiro atoms. The molecule has 3 N–H and O–H groups in total. The van der Waals surface area contributed by atoms with Crippen molar-refractivity contribution >= 4 is 17.8 Å². The molecule has 2 heterocycles. The third-order valence-corrected chi connectivity index (χ3v) is 5.46. The van der Waals surface area contributed by atoms with Crippen LogP contribution in [0.2, 0.25) is 0 Å². The molecular weight excluding hydrogens is 296 g/mol. The molecule has 7 heteroatoms. The van der Waals surface area contributed by atoms with Crippen LogP contribution in [0.1, 0.15) is 44.9 Å². The molecule has 3 fully saturated rings. The summed E-state index contributed by atoms with van der Waals surface area (Å²) in [6, 6.07) is -0.344. The first-order chi connectivity index (χ1) is 11.1. The van der Waals surface area contributed by atoms with Crippen LogP contribution >= 0.6 is 0 Å². The van der Waals surface area contributed by atoms with E-state index in [2.05, 4.69) is 5.32 Å². The summed E-state index contributed by atoms with van der Waals surface area (Å²) in [5.74, 6) is 0.230. The molecule has 3 aliphatic rings. The zero-order valence-electron chi connectivity index (χ0n) is 13.6. The van der Waals surface area contributed by atoms with Crippen molar-refractivity contribution in [2.45, 2.75) is 50.5 Å². The lowest BCUT2D eigenvalue weighted by atomic mass is 9.97. The molecule has 3 rings (SSSR count). The normalized spacial score (nSPS) is 26.9. The number of hydrogen-bond acceptors (Lipinski definition) is 4. The second kappa shape index (κ2) is 6.47. The average molecular weight is 322 g/mol. The van der Waals surface area contributed by atoms with Gasteiger partial charge in [-0.25, -0.2) is 4.79 Å². The fraction of sp³-hybridized carbons (Fsp3) is 0.812. The summed E-state index contributed by atoms with van der Waals surface area (Å²) >= 11 is 0. The predicted molar refractivity (Wildman–Crippen MR) is 84.4 cm³/mol. The Kier molecular flexibility index (Phi) is 4.57. The van der Waals surface area contributed by atoms with Gasteiger partial charge in [0.15, 0.2) is 0 Å². The summed E-state index contributed by atoms with van der Waals surface area (Å²) in [6.45, 7) is 2.22. The number of imide groups is 1. The maximum Gasteiger partial charge on any atom is 0.325 e. The van der Waals surface area contributed by atoms with Crippen LogP contribution in [0.25, 0.3) is 0 Å². The van der Waals surface area contributed by atoms with Gasteiger partial charge in [-0.2, -0.15) is 0 Å². The van der Waals surface area contributed by atoms with Gasteiger partial charge in [0.1, 0.15) is 5.54 Å². The Labute approximate surface area is 136 Å². The number of piperidine rings is 1. The topological polar surface area (TPSA) is 95.7 Å². The van der Waals surface area contributed by atoms with E-state index < -0.39 is 5.54 Å². The zero-order valence-corrected chi connectivity index (χ0v) is 13.6. The number of rotatable bonds is 4. The van der Waals surface area contributed by atoms with E-state index in [1.165, 1.54) is 4.90 Å². The van der Waals surface area contributed by atoms with Crippen molar-refractivity contribution in [1.29, 1.82) is 0 Å². The molecule has 0 aromatic rings. The van der Waals surface area contributed by atoms with Crippen LogP contribution in [0.3, 0.4) is 0 Å². The van der Waals surface area contributed by atoms with Gasteiger partial charge >= 0.3 is 6.03 Å². The number of nitrogens with one attached hydrogen (secondary N) is 1. The summed E-state index contributed by atoms with van der Waals surface area (Å²) in [5.41, 5.74) is 5.01. The van der Waals surface area contributed by atoms with Crippen LogP contribution in [-0.2, 0) is 9.59 Å². The number of nitrogens with zero attached hydrogens (tertiary/aromatic N) is 2. The van der Waals surface area contributed by atoms with Crippen LogP contribution in [0.5, 0.6) is 0 Å². The fourth-order valence-electron chi connectivity index (χ4n) is 4.05. The van der Waals surface area contributed by atoms with E-state index in [-0.39, 0.29) is 30.8 Å². The van der Waals surface area contributed by atoms with Gasteiger partial charge in [0.2, 0.25) is 5.91 Å². The summed E-state index contributed by atoms with van der Waals surface area (Å²) in [7, 11) is 0. The Morgan fingerprint density at radius 1 is 1.26 bits per heavy atom. The number of carbonyl (C=O) groups is 3. The van der Waals surface area contributed by atoms with Gasteiger partial charge in [0, 0.05) is 26.1 Å². The van der Waals surface area contributed by atoms with E-state index in [0.717, 1.165) is 32.2 Å². The standard InChI is InChI=1S/C16H26N4O3/c17-10-12-4-3-8-19(11-12)13(21)5-9-20-14(22)16(18-15(20)23)6-1-2-7-16/h12H,1-11,17H2,(H,18,23). The maximum atomic E-state index is 12.5. The zero-order chi connectivity index (χ0) is 16.4. The number of carbonyl (C=O) groups excluding carboxylic acids is 3. The van der Waals surface area contributed by atoms with Crippen molar-refractivity contribution in [3.63, 3.8) is 0 Å². The smallest absolute Gasteiger partial charge is 0.325 e. The average Bonchev–Trinajstić information content (AvgIpc) is 3.12. The molecule has 0 bridgehead atoms. The highest BCUT2D eigenvalue weighted by atomic mass is 16.2. The minimum absolute atomic E-state index is 0.0103. The Morgan fingerprint density at radius 2 is 2.00 bits per heavy atom. The molecule has 23 heavy (non-hydrogen) atoms. The van der Waals surface area contributed by atoms with Crippen LogP contribution in [0.4, 0.5) is 4.79 Å². The second-order valence-corrected chi connectivity index (χ2v) is 7.01. The number of urea groups is 1. The molecule has 0 aromatic carbocycles. The fourth-order valence-corrected chi connectivity index (χ4v) is 4.05. The molecule has 128 valence electrons. The molecular formula is C16H26N4O3. The van der Waals surface area contributed by atoms with Crippen molar-refractivity contribution in [1.82, 2.24) is 15.1 Å². The van der Waals surface area contributed by atoms with Crippen molar-refractivity contribution in [3.05, 3.63) is 0 Å². The minimum atomic E-state index is -0.685. The van der Waals surface area contributed by atoms with Crippen LogP contribution in [-0.4, -0.2) is 59.4 Å². The van der Waals surface area contributed by atoms with E-state index in [1.807, 2.05) is 4.90 Å². The van der Waals surface area contributed by atoms with Gasteiger partial charge in [0.05, 0.1) is 0 Å². The summed E-state index contributed by atoms with van der Waals surface area (Å²) in [6.07, 6.45) is 5.60. The van der Waals surface area contributed by atoms with Crippen LogP contribution in [0.15, 0.2) is 0 Å².